The number of rotatable bonds is 6. The van der Waals surface area contributed by atoms with Crippen LogP contribution in [0.3, 0.4) is 0 Å². The van der Waals surface area contributed by atoms with Crippen LogP contribution in [-0.2, 0) is 20.9 Å². The van der Waals surface area contributed by atoms with Crippen LogP contribution in [-0.4, -0.2) is 49.6 Å². The monoisotopic (exact) mass is 348 g/mol. The Labute approximate surface area is 149 Å². The minimum atomic E-state index is -0.445. The second-order valence-electron chi connectivity index (χ2n) is 7.12. The second kappa shape index (κ2) is 8.80. The fourth-order valence-electron chi connectivity index (χ4n) is 2.47. The molecule has 0 aromatic carbocycles. The Bertz CT molecular complexity index is 592. The van der Waals surface area contributed by atoms with E-state index in [0.717, 1.165) is 24.5 Å². The van der Waals surface area contributed by atoms with E-state index in [0.29, 0.717) is 26.3 Å². The van der Waals surface area contributed by atoms with Crippen molar-refractivity contribution in [2.45, 2.75) is 33.7 Å². The van der Waals surface area contributed by atoms with E-state index in [9.17, 15) is 9.59 Å². The lowest BCUT2D eigenvalue weighted by Gasteiger charge is -2.29. The maximum Gasteiger partial charge on any atom is 0.225 e. The third kappa shape index (κ3) is 6.01. The number of pyridine rings is 1. The average Bonchev–Trinajstić information content (AvgIpc) is 2.60. The maximum atomic E-state index is 12.0. The van der Waals surface area contributed by atoms with Crippen LogP contribution in [0.4, 0.5) is 5.82 Å². The molecule has 1 aromatic rings. The van der Waals surface area contributed by atoms with Gasteiger partial charge < -0.3 is 20.3 Å². The molecule has 2 rings (SSSR count). The molecule has 1 aliphatic heterocycles. The van der Waals surface area contributed by atoms with Gasteiger partial charge in [-0.3, -0.25) is 9.59 Å². The van der Waals surface area contributed by atoms with Crippen LogP contribution >= 0.6 is 0 Å². The Kier molecular flexibility index (Phi) is 6.75. The SMILES string of the molecule is CC(C)(C)C(=O)NCCC(=O)NCc1cccnc1N1CCOCC1. The molecule has 0 radical (unpaired) electrons. The van der Waals surface area contributed by atoms with Gasteiger partial charge in [-0.05, 0) is 6.07 Å². The first-order valence-corrected chi connectivity index (χ1v) is 8.69. The number of carbonyl (C=O) groups excluding carboxylic acids is 2. The highest BCUT2D eigenvalue weighted by Crippen LogP contribution is 2.18. The van der Waals surface area contributed by atoms with Crippen LogP contribution in [0.15, 0.2) is 18.3 Å². The quantitative estimate of drug-likeness (QED) is 0.804. The maximum absolute atomic E-state index is 12.0. The Morgan fingerprint density at radius 3 is 2.64 bits per heavy atom. The Hall–Kier alpha value is -2.15. The first-order chi connectivity index (χ1) is 11.9. The number of hydrogen-bond acceptors (Lipinski definition) is 5. The van der Waals surface area contributed by atoms with Crippen LogP contribution < -0.4 is 15.5 Å². The van der Waals surface area contributed by atoms with Gasteiger partial charge in [-0.1, -0.05) is 26.8 Å². The Balaban J connectivity index is 1.81. The van der Waals surface area contributed by atoms with Gasteiger partial charge in [-0.25, -0.2) is 4.98 Å². The molecular weight excluding hydrogens is 320 g/mol. The summed E-state index contributed by atoms with van der Waals surface area (Å²) in [6.07, 6.45) is 2.02. The molecule has 1 aromatic heterocycles. The predicted octanol–water partition coefficient (Wildman–Crippen LogP) is 1.09. The molecule has 2 amide bonds. The van der Waals surface area contributed by atoms with E-state index in [1.165, 1.54) is 0 Å². The first-order valence-electron chi connectivity index (χ1n) is 8.69. The smallest absolute Gasteiger partial charge is 0.225 e. The number of nitrogens with one attached hydrogen (secondary N) is 2. The highest BCUT2D eigenvalue weighted by Gasteiger charge is 2.20. The van der Waals surface area contributed by atoms with Crippen LogP contribution in [0.1, 0.15) is 32.8 Å². The number of hydrogen-bond donors (Lipinski definition) is 2. The minimum Gasteiger partial charge on any atom is -0.378 e. The van der Waals surface area contributed by atoms with Crippen molar-refractivity contribution in [1.29, 1.82) is 0 Å². The Morgan fingerprint density at radius 2 is 1.96 bits per heavy atom. The van der Waals surface area contributed by atoms with Crippen molar-refractivity contribution in [2.75, 3.05) is 37.7 Å². The molecule has 25 heavy (non-hydrogen) atoms. The van der Waals surface area contributed by atoms with Crippen molar-refractivity contribution >= 4 is 17.6 Å². The fraction of sp³-hybridized carbons (Fsp3) is 0.611. The molecule has 0 bridgehead atoms. The van der Waals surface area contributed by atoms with Crippen molar-refractivity contribution < 1.29 is 14.3 Å². The van der Waals surface area contributed by atoms with Crippen molar-refractivity contribution in [3.05, 3.63) is 23.9 Å². The summed E-state index contributed by atoms with van der Waals surface area (Å²) in [6, 6.07) is 3.84. The number of anilines is 1. The van der Waals surface area contributed by atoms with E-state index in [4.69, 9.17) is 4.74 Å². The minimum absolute atomic E-state index is 0.0536. The third-order valence-electron chi connectivity index (χ3n) is 3.97. The van der Waals surface area contributed by atoms with Gasteiger partial charge in [0.1, 0.15) is 5.82 Å². The normalized spacial score (nSPS) is 14.9. The summed E-state index contributed by atoms with van der Waals surface area (Å²) in [5.41, 5.74) is 0.538. The summed E-state index contributed by atoms with van der Waals surface area (Å²) >= 11 is 0. The zero-order valence-electron chi connectivity index (χ0n) is 15.3. The van der Waals surface area contributed by atoms with Gasteiger partial charge in [-0.2, -0.15) is 0 Å². The lowest BCUT2D eigenvalue weighted by molar-refractivity contribution is -0.128. The van der Waals surface area contributed by atoms with E-state index in [1.54, 1.807) is 6.20 Å². The molecule has 2 heterocycles. The summed E-state index contributed by atoms with van der Waals surface area (Å²) < 4.78 is 5.37. The predicted molar refractivity (Wildman–Crippen MR) is 96.2 cm³/mol. The molecule has 138 valence electrons. The van der Waals surface area contributed by atoms with Gasteiger partial charge in [0.15, 0.2) is 0 Å². The van der Waals surface area contributed by atoms with Gasteiger partial charge in [-0.15, -0.1) is 0 Å². The van der Waals surface area contributed by atoms with Gasteiger partial charge in [0.05, 0.1) is 13.2 Å². The number of amides is 2. The topological polar surface area (TPSA) is 83.6 Å². The molecule has 0 saturated carbocycles. The van der Waals surface area contributed by atoms with Gasteiger partial charge in [0.25, 0.3) is 0 Å². The molecule has 2 N–H and O–H groups in total. The molecule has 0 atom stereocenters. The number of nitrogens with zero attached hydrogens (tertiary/aromatic N) is 2. The number of carbonyl (C=O) groups is 2. The van der Waals surface area contributed by atoms with Gasteiger partial charge in [0.2, 0.25) is 11.8 Å². The summed E-state index contributed by atoms with van der Waals surface area (Å²) in [5, 5.41) is 5.68. The van der Waals surface area contributed by atoms with Crippen molar-refractivity contribution in [3.8, 4) is 0 Å². The summed E-state index contributed by atoms with van der Waals surface area (Å²) in [7, 11) is 0. The van der Waals surface area contributed by atoms with E-state index in [2.05, 4.69) is 20.5 Å². The van der Waals surface area contributed by atoms with Crippen LogP contribution in [0.5, 0.6) is 0 Å². The first kappa shape index (κ1) is 19.2. The van der Waals surface area contributed by atoms with Crippen molar-refractivity contribution in [1.82, 2.24) is 15.6 Å². The average molecular weight is 348 g/mol. The molecule has 7 heteroatoms. The summed E-state index contributed by atoms with van der Waals surface area (Å²) in [6.45, 7) is 9.28. The van der Waals surface area contributed by atoms with Crippen LogP contribution in [0, 0.1) is 5.41 Å². The van der Waals surface area contributed by atoms with Crippen LogP contribution in [0.2, 0.25) is 0 Å². The molecule has 1 aliphatic rings. The molecule has 0 unspecified atom stereocenters. The highest BCUT2D eigenvalue weighted by molar-refractivity contribution is 5.82. The largest absolute Gasteiger partial charge is 0.378 e. The van der Waals surface area contributed by atoms with Crippen molar-refractivity contribution in [2.24, 2.45) is 5.41 Å². The molecule has 1 fully saturated rings. The zero-order valence-corrected chi connectivity index (χ0v) is 15.3. The molecule has 7 nitrogen and oxygen atoms in total. The van der Waals surface area contributed by atoms with E-state index in [1.807, 2.05) is 32.9 Å². The molecular formula is C18H28N4O3. The fourth-order valence-corrected chi connectivity index (χ4v) is 2.47. The third-order valence-corrected chi connectivity index (χ3v) is 3.97. The number of aromatic nitrogens is 1. The lowest BCUT2D eigenvalue weighted by atomic mass is 9.96. The lowest BCUT2D eigenvalue weighted by Crippen LogP contribution is -2.38. The second-order valence-corrected chi connectivity index (χ2v) is 7.12. The molecule has 1 saturated heterocycles. The summed E-state index contributed by atoms with van der Waals surface area (Å²) in [5.74, 6) is 0.750. The van der Waals surface area contributed by atoms with E-state index >= 15 is 0 Å². The molecule has 0 spiro atoms. The van der Waals surface area contributed by atoms with E-state index in [-0.39, 0.29) is 18.2 Å². The van der Waals surface area contributed by atoms with Crippen LogP contribution in [0.25, 0.3) is 0 Å². The highest BCUT2D eigenvalue weighted by atomic mass is 16.5. The summed E-state index contributed by atoms with van der Waals surface area (Å²) in [4.78, 5) is 30.4. The number of ether oxygens (including phenoxy) is 1. The molecule has 0 aliphatic carbocycles. The van der Waals surface area contributed by atoms with Gasteiger partial charge in [0, 0.05) is 49.8 Å². The van der Waals surface area contributed by atoms with E-state index < -0.39 is 5.41 Å². The number of morpholine rings is 1. The zero-order chi connectivity index (χ0) is 18.3. The Morgan fingerprint density at radius 1 is 1.24 bits per heavy atom. The van der Waals surface area contributed by atoms with Crippen molar-refractivity contribution in [3.63, 3.8) is 0 Å². The standard InChI is InChI=1S/C18H28N4O3/c1-18(2,3)17(24)20-8-6-15(23)21-13-14-5-4-7-19-16(14)22-9-11-25-12-10-22/h4-5,7H,6,8-13H2,1-3H3,(H,20,24)(H,21,23). The van der Waals surface area contributed by atoms with Gasteiger partial charge >= 0.3 is 0 Å².